The zero-order valence-corrected chi connectivity index (χ0v) is 10.8. The number of thiazole rings is 1. The van der Waals surface area contributed by atoms with Crippen molar-refractivity contribution in [2.75, 3.05) is 7.11 Å². The second-order valence-corrected chi connectivity index (χ2v) is 4.62. The van der Waals surface area contributed by atoms with E-state index in [-0.39, 0.29) is 17.9 Å². The van der Waals surface area contributed by atoms with Crippen LogP contribution in [0.25, 0.3) is 0 Å². The van der Waals surface area contributed by atoms with E-state index in [0.717, 1.165) is 23.5 Å². The standard InChI is InChI=1S/C11H18N2O2S/c1-4-11(12,5-2)10-13-8(7-16-10)6-9(14)15-3/h7H,4-6,12H2,1-3H3. The van der Waals surface area contributed by atoms with Gasteiger partial charge in [-0.3, -0.25) is 4.79 Å². The maximum absolute atomic E-state index is 11.1. The molecule has 0 amide bonds. The van der Waals surface area contributed by atoms with Crippen molar-refractivity contribution in [3.8, 4) is 0 Å². The lowest BCUT2D eigenvalue weighted by molar-refractivity contribution is -0.139. The van der Waals surface area contributed by atoms with E-state index in [0.29, 0.717) is 0 Å². The molecule has 2 N–H and O–H groups in total. The smallest absolute Gasteiger partial charge is 0.311 e. The Labute approximate surface area is 99.8 Å². The van der Waals surface area contributed by atoms with Crippen LogP contribution < -0.4 is 5.73 Å². The van der Waals surface area contributed by atoms with Gasteiger partial charge in [0.1, 0.15) is 5.01 Å². The van der Waals surface area contributed by atoms with E-state index in [1.165, 1.54) is 18.4 Å². The second-order valence-electron chi connectivity index (χ2n) is 3.76. The average Bonchev–Trinajstić information content (AvgIpc) is 2.76. The Hall–Kier alpha value is -0.940. The molecule has 0 atom stereocenters. The van der Waals surface area contributed by atoms with Crippen molar-refractivity contribution >= 4 is 17.3 Å². The summed E-state index contributed by atoms with van der Waals surface area (Å²) in [4.78, 5) is 15.5. The van der Waals surface area contributed by atoms with Gasteiger partial charge in [-0.15, -0.1) is 11.3 Å². The van der Waals surface area contributed by atoms with Gasteiger partial charge in [0.15, 0.2) is 0 Å². The van der Waals surface area contributed by atoms with Crippen LogP contribution in [0.4, 0.5) is 0 Å². The van der Waals surface area contributed by atoms with Gasteiger partial charge < -0.3 is 10.5 Å². The molecule has 0 radical (unpaired) electrons. The predicted molar refractivity (Wildman–Crippen MR) is 64.3 cm³/mol. The minimum atomic E-state index is -0.362. The maximum atomic E-state index is 11.1. The molecule has 16 heavy (non-hydrogen) atoms. The lowest BCUT2D eigenvalue weighted by atomic mass is 9.95. The highest BCUT2D eigenvalue weighted by atomic mass is 32.1. The minimum absolute atomic E-state index is 0.219. The summed E-state index contributed by atoms with van der Waals surface area (Å²) in [5, 5.41) is 2.77. The first-order valence-electron chi connectivity index (χ1n) is 5.36. The number of rotatable bonds is 5. The van der Waals surface area contributed by atoms with Crippen molar-refractivity contribution in [2.24, 2.45) is 5.73 Å². The molecule has 90 valence electrons. The maximum Gasteiger partial charge on any atom is 0.311 e. The molecule has 0 unspecified atom stereocenters. The largest absolute Gasteiger partial charge is 0.469 e. The van der Waals surface area contributed by atoms with Gasteiger partial charge in [-0.1, -0.05) is 13.8 Å². The molecule has 0 saturated carbocycles. The molecular weight excluding hydrogens is 224 g/mol. The molecule has 0 saturated heterocycles. The van der Waals surface area contributed by atoms with Crippen LogP contribution in [0.5, 0.6) is 0 Å². The number of ether oxygens (including phenoxy) is 1. The first-order chi connectivity index (χ1) is 7.55. The predicted octanol–water partition coefficient (Wildman–Crippen LogP) is 1.83. The molecule has 0 aliphatic carbocycles. The van der Waals surface area contributed by atoms with Crippen molar-refractivity contribution in [2.45, 2.75) is 38.6 Å². The van der Waals surface area contributed by atoms with Crippen LogP contribution in [0.15, 0.2) is 5.38 Å². The van der Waals surface area contributed by atoms with Crippen molar-refractivity contribution in [3.63, 3.8) is 0 Å². The SMILES string of the molecule is CCC(N)(CC)c1nc(CC(=O)OC)cs1. The number of hydrogen-bond acceptors (Lipinski definition) is 5. The Morgan fingerprint density at radius 3 is 2.69 bits per heavy atom. The van der Waals surface area contributed by atoms with E-state index in [1.807, 2.05) is 19.2 Å². The van der Waals surface area contributed by atoms with Crippen molar-refractivity contribution in [1.82, 2.24) is 4.98 Å². The Kier molecular flexibility index (Phi) is 4.44. The van der Waals surface area contributed by atoms with E-state index in [2.05, 4.69) is 9.72 Å². The fraction of sp³-hybridized carbons (Fsp3) is 0.636. The zero-order valence-electron chi connectivity index (χ0n) is 9.95. The number of hydrogen-bond donors (Lipinski definition) is 1. The summed E-state index contributed by atoms with van der Waals surface area (Å²) in [7, 11) is 1.38. The van der Waals surface area contributed by atoms with Gasteiger partial charge in [-0.2, -0.15) is 0 Å². The summed E-state index contributed by atoms with van der Waals surface area (Å²) < 4.78 is 4.60. The van der Waals surface area contributed by atoms with E-state index in [9.17, 15) is 4.79 Å². The number of esters is 1. The first-order valence-corrected chi connectivity index (χ1v) is 6.24. The molecule has 1 rings (SSSR count). The minimum Gasteiger partial charge on any atom is -0.469 e. The number of carbonyl (C=O) groups excluding carboxylic acids is 1. The average molecular weight is 242 g/mol. The molecule has 5 heteroatoms. The third-order valence-corrected chi connectivity index (χ3v) is 3.90. The van der Waals surface area contributed by atoms with Gasteiger partial charge in [0.05, 0.1) is 24.8 Å². The molecule has 1 aromatic heterocycles. The van der Waals surface area contributed by atoms with Gasteiger partial charge in [0.25, 0.3) is 0 Å². The quantitative estimate of drug-likeness (QED) is 0.800. The van der Waals surface area contributed by atoms with E-state index >= 15 is 0 Å². The summed E-state index contributed by atoms with van der Waals surface area (Å²) in [5.41, 5.74) is 6.60. The first kappa shape index (κ1) is 13.1. The summed E-state index contributed by atoms with van der Waals surface area (Å²) in [6, 6.07) is 0. The van der Waals surface area contributed by atoms with Gasteiger partial charge in [0.2, 0.25) is 0 Å². The summed E-state index contributed by atoms with van der Waals surface area (Å²) in [5.74, 6) is -0.271. The summed E-state index contributed by atoms with van der Waals surface area (Å²) in [6.45, 7) is 4.09. The fourth-order valence-electron chi connectivity index (χ4n) is 1.39. The number of nitrogens with two attached hydrogens (primary N) is 1. The molecule has 1 heterocycles. The van der Waals surface area contributed by atoms with Gasteiger partial charge in [0, 0.05) is 5.38 Å². The molecule has 0 bridgehead atoms. The normalized spacial score (nSPS) is 11.5. The zero-order chi connectivity index (χ0) is 12.2. The molecule has 4 nitrogen and oxygen atoms in total. The Morgan fingerprint density at radius 1 is 1.56 bits per heavy atom. The molecule has 0 fully saturated rings. The third-order valence-electron chi connectivity index (χ3n) is 2.79. The van der Waals surface area contributed by atoms with Crippen molar-refractivity contribution in [1.29, 1.82) is 0 Å². The molecule has 0 aliphatic heterocycles. The molecule has 0 aliphatic rings. The molecule has 0 spiro atoms. The van der Waals surface area contributed by atoms with Crippen LogP contribution in [0, 0.1) is 0 Å². The Balaban J connectivity index is 2.82. The van der Waals surface area contributed by atoms with E-state index < -0.39 is 0 Å². The van der Waals surface area contributed by atoms with Gasteiger partial charge in [-0.25, -0.2) is 4.98 Å². The molecule has 0 aromatic carbocycles. The van der Waals surface area contributed by atoms with Gasteiger partial charge >= 0.3 is 5.97 Å². The van der Waals surface area contributed by atoms with Crippen molar-refractivity contribution < 1.29 is 9.53 Å². The van der Waals surface area contributed by atoms with Crippen LogP contribution in [0.2, 0.25) is 0 Å². The molecular formula is C11H18N2O2S. The Bertz CT molecular complexity index is 359. The number of methoxy groups -OCH3 is 1. The van der Waals surface area contributed by atoms with E-state index in [4.69, 9.17) is 5.73 Å². The van der Waals surface area contributed by atoms with Gasteiger partial charge in [-0.05, 0) is 12.8 Å². The van der Waals surface area contributed by atoms with Crippen LogP contribution in [0.1, 0.15) is 37.4 Å². The van der Waals surface area contributed by atoms with Crippen LogP contribution in [-0.2, 0) is 21.5 Å². The van der Waals surface area contributed by atoms with Crippen molar-refractivity contribution in [3.05, 3.63) is 16.1 Å². The van der Waals surface area contributed by atoms with E-state index in [1.54, 1.807) is 0 Å². The number of nitrogens with zero attached hydrogens (tertiary/aromatic N) is 1. The topological polar surface area (TPSA) is 65.2 Å². The fourth-order valence-corrected chi connectivity index (χ4v) is 2.47. The lowest BCUT2D eigenvalue weighted by Gasteiger charge is -2.23. The Morgan fingerprint density at radius 2 is 2.19 bits per heavy atom. The number of carbonyl (C=O) groups is 1. The van der Waals surface area contributed by atoms with Crippen LogP contribution in [-0.4, -0.2) is 18.1 Å². The van der Waals surface area contributed by atoms with Crippen LogP contribution >= 0.6 is 11.3 Å². The monoisotopic (exact) mass is 242 g/mol. The molecule has 1 aromatic rings. The highest BCUT2D eigenvalue weighted by Crippen LogP contribution is 2.28. The highest BCUT2D eigenvalue weighted by Gasteiger charge is 2.26. The second kappa shape index (κ2) is 5.41. The highest BCUT2D eigenvalue weighted by molar-refractivity contribution is 7.09. The lowest BCUT2D eigenvalue weighted by Crippen LogP contribution is -2.35. The number of aromatic nitrogens is 1. The summed E-state index contributed by atoms with van der Waals surface area (Å²) >= 11 is 1.51. The summed E-state index contributed by atoms with van der Waals surface area (Å²) in [6.07, 6.45) is 1.90. The van der Waals surface area contributed by atoms with Crippen LogP contribution in [0.3, 0.4) is 0 Å². The third kappa shape index (κ3) is 2.80.